The molecule has 1 aliphatic rings. The van der Waals surface area contributed by atoms with Crippen molar-refractivity contribution in [3.63, 3.8) is 0 Å². The predicted molar refractivity (Wildman–Crippen MR) is 118 cm³/mol. The molecule has 0 aliphatic heterocycles. The zero-order valence-electron chi connectivity index (χ0n) is 16.6. The van der Waals surface area contributed by atoms with Crippen LogP contribution in [0.5, 0.6) is 0 Å². The van der Waals surface area contributed by atoms with Gasteiger partial charge in [0.1, 0.15) is 0 Å². The number of hydrogen-bond acceptors (Lipinski definition) is 0. The molecule has 0 heterocycles. The van der Waals surface area contributed by atoms with Crippen molar-refractivity contribution in [1.82, 2.24) is 0 Å². The Morgan fingerprint density at radius 3 is 2.30 bits per heavy atom. The standard InChI is InChI=1S/C27H28/c1-4-21-10-8-9-13-24(21)27-25(22-11-6-5-7-12-22)15-14-23-17-20(16-19(2)3)18-26(23)27/h5-15,18-19H,4,16-17H2,1-3H3. The minimum absolute atomic E-state index is 0.700. The van der Waals surface area contributed by atoms with E-state index in [1.165, 1.54) is 45.4 Å². The molecular formula is C27H28. The minimum Gasteiger partial charge on any atom is -0.0649 e. The summed E-state index contributed by atoms with van der Waals surface area (Å²) in [4.78, 5) is 0. The Morgan fingerprint density at radius 2 is 1.56 bits per heavy atom. The van der Waals surface area contributed by atoms with Crippen LogP contribution in [-0.4, -0.2) is 0 Å². The van der Waals surface area contributed by atoms with E-state index in [0.717, 1.165) is 12.8 Å². The summed E-state index contributed by atoms with van der Waals surface area (Å²) < 4.78 is 0. The van der Waals surface area contributed by atoms with Crippen LogP contribution >= 0.6 is 0 Å². The van der Waals surface area contributed by atoms with Gasteiger partial charge in [0.05, 0.1) is 0 Å². The number of rotatable bonds is 5. The highest BCUT2D eigenvalue weighted by molar-refractivity contribution is 5.93. The van der Waals surface area contributed by atoms with E-state index in [0.29, 0.717) is 5.92 Å². The highest BCUT2D eigenvalue weighted by atomic mass is 14.3. The van der Waals surface area contributed by atoms with Gasteiger partial charge in [-0.05, 0) is 64.1 Å². The second-order valence-corrected chi connectivity index (χ2v) is 8.01. The number of aryl methyl sites for hydroxylation is 1. The van der Waals surface area contributed by atoms with Crippen molar-refractivity contribution >= 4 is 6.08 Å². The van der Waals surface area contributed by atoms with Crippen molar-refractivity contribution in [2.24, 2.45) is 5.92 Å². The Balaban J connectivity index is 1.97. The fraction of sp³-hybridized carbons (Fsp3) is 0.259. The first-order valence-electron chi connectivity index (χ1n) is 10.2. The van der Waals surface area contributed by atoms with Gasteiger partial charge in [0.2, 0.25) is 0 Å². The van der Waals surface area contributed by atoms with Crippen LogP contribution in [0.15, 0.2) is 72.3 Å². The normalized spacial score (nSPS) is 13.0. The molecular weight excluding hydrogens is 324 g/mol. The van der Waals surface area contributed by atoms with Crippen LogP contribution in [0.3, 0.4) is 0 Å². The number of fused-ring (bicyclic) bond motifs is 1. The van der Waals surface area contributed by atoms with Gasteiger partial charge in [0, 0.05) is 0 Å². The summed E-state index contributed by atoms with van der Waals surface area (Å²) in [6.45, 7) is 6.88. The molecule has 136 valence electrons. The van der Waals surface area contributed by atoms with Crippen molar-refractivity contribution in [2.45, 2.75) is 40.0 Å². The first-order chi connectivity index (χ1) is 13.2. The largest absolute Gasteiger partial charge is 0.0649 e. The fourth-order valence-electron chi connectivity index (χ4n) is 4.36. The zero-order chi connectivity index (χ0) is 18.8. The summed E-state index contributed by atoms with van der Waals surface area (Å²) in [6, 6.07) is 24.4. The summed E-state index contributed by atoms with van der Waals surface area (Å²) in [5.74, 6) is 0.700. The highest BCUT2D eigenvalue weighted by Crippen LogP contribution is 2.43. The lowest BCUT2D eigenvalue weighted by Crippen LogP contribution is -1.96. The van der Waals surface area contributed by atoms with Crippen molar-refractivity contribution in [3.8, 4) is 22.3 Å². The van der Waals surface area contributed by atoms with Crippen LogP contribution in [0.25, 0.3) is 28.3 Å². The van der Waals surface area contributed by atoms with Crippen molar-refractivity contribution in [1.29, 1.82) is 0 Å². The average molecular weight is 353 g/mol. The van der Waals surface area contributed by atoms with E-state index in [1.54, 1.807) is 5.57 Å². The zero-order valence-corrected chi connectivity index (χ0v) is 16.6. The Morgan fingerprint density at radius 1 is 0.815 bits per heavy atom. The molecule has 0 amide bonds. The quantitative estimate of drug-likeness (QED) is 0.444. The molecule has 3 aromatic rings. The Hall–Kier alpha value is -2.60. The van der Waals surface area contributed by atoms with E-state index in [1.807, 2.05) is 0 Å². The second kappa shape index (κ2) is 7.56. The smallest absolute Gasteiger partial charge is 0.00272 e. The molecule has 3 aromatic carbocycles. The lowest BCUT2D eigenvalue weighted by molar-refractivity contribution is 0.638. The molecule has 0 nitrogen and oxygen atoms in total. The fourth-order valence-corrected chi connectivity index (χ4v) is 4.36. The molecule has 0 saturated heterocycles. The SMILES string of the molecule is CCc1ccccc1-c1c(-c2ccccc2)ccc2c1C=C(CC(C)C)C2. The summed E-state index contributed by atoms with van der Waals surface area (Å²) in [6.07, 6.45) is 5.81. The molecule has 0 unspecified atom stereocenters. The van der Waals surface area contributed by atoms with E-state index < -0.39 is 0 Å². The summed E-state index contributed by atoms with van der Waals surface area (Å²) >= 11 is 0. The molecule has 1 aliphatic carbocycles. The van der Waals surface area contributed by atoms with Crippen LogP contribution < -0.4 is 0 Å². The molecule has 0 spiro atoms. The summed E-state index contributed by atoms with van der Waals surface area (Å²) in [5.41, 5.74) is 11.4. The maximum atomic E-state index is 2.48. The van der Waals surface area contributed by atoms with E-state index in [2.05, 4.69) is 93.6 Å². The number of allylic oxidation sites excluding steroid dienone is 1. The molecule has 0 aromatic heterocycles. The molecule has 27 heavy (non-hydrogen) atoms. The van der Waals surface area contributed by atoms with Crippen LogP contribution in [0, 0.1) is 5.92 Å². The maximum Gasteiger partial charge on any atom is -0.00272 e. The van der Waals surface area contributed by atoms with Gasteiger partial charge in [0.15, 0.2) is 0 Å². The molecule has 0 saturated carbocycles. The predicted octanol–water partition coefficient (Wildman–Crippen LogP) is 7.57. The lowest BCUT2D eigenvalue weighted by atomic mass is 9.86. The van der Waals surface area contributed by atoms with Gasteiger partial charge in [0.25, 0.3) is 0 Å². The van der Waals surface area contributed by atoms with Crippen LogP contribution in [0.1, 0.15) is 43.9 Å². The third-order valence-electron chi connectivity index (χ3n) is 5.52. The first-order valence-corrected chi connectivity index (χ1v) is 10.2. The number of hydrogen-bond donors (Lipinski definition) is 0. The van der Waals surface area contributed by atoms with Gasteiger partial charge in [-0.3, -0.25) is 0 Å². The van der Waals surface area contributed by atoms with Crippen LogP contribution in [-0.2, 0) is 12.8 Å². The molecule has 0 N–H and O–H groups in total. The Bertz CT molecular complexity index is 974. The van der Waals surface area contributed by atoms with E-state index >= 15 is 0 Å². The van der Waals surface area contributed by atoms with Gasteiger partial charge >= 0.3 is 0 Å². The molecule has 4 rings (SSSR count). The summed E-state index contributed by atoms with van der Waals surface area (Å²) in [5, 5.41) is 0. The third kappa shape index (κ3) is 3.49. The monoisotopic (exact) mass is 352 g/mol. The van der Waals surface area contributed by atoms with Gasteiger partial charge in [-0.25, -0.2) is 0 Å². The topological polar surface area (TPSA) is 0 Å². The minimum atomic E-state index is 0.700. The van der Waals surface area contributed by atoms with Crippen molar-refractivity contribution in [3.05, 3.63) is 89.0 Å². The molecule has 0 heteroatoms. The molecule has 0 bridgehead atoms. The second-order valence-electron chi connectivity index (χ2n) is 8.01. The van der Waals surface area contributed by atoms with Crippen molar-refractivity contribution < 1.29 is 0 Å². The number of benzene rings is 3. The van der Waals surface area contributed by atoms with Crippen molar-refractivity contribution in [2.75, 3.05) is 0 Å². The van der Waals surface area contributed by atoms with E-state index in [9.17, 15) is 0 Å². The highest BCUT2D eigenvalue weighted by Gasteiger charge is 2.21. The molecule has 0 atom stereocenters. The maximum absolute atomic E-state index is 2.48. The average Bonchev–Trinajstić information content (AvgIpc) is 3.09. The van der Waals surface area contributed by atoms with Gasteiger partial charge < -0.3 is 0 Å². The van der Waals surface area contributed by atoms with Crippen LogP contribution in [0.4, 0.5) is 0 Å². The first kappa shape index (κ1) is 17.8. The third-order valence-corrected chi connectivity index (χ3v) is 5.52. The van der Waals surface area contributed by atoms with Crippen LogP contribution in [0.2, 0.25) is 0 Å². The van der Waals surface area contributed by atoms with Gasteiger partial charge in [-0.2, -0.15) is 0 Å². The Labute approximate surface area is 163 Å². The Kier molecular flexibility index (Phi) is 4.99. The molecule has 0 radical (unpaired) electrons. The van der Waals surface area contributed by atoms with E-state index in [4.69, 9.17) is 0 Å². The summed E-state index contributed by atoms with van der Waals surface area (Å²) in [7, 11) is 0. The lowest BCUT2D eigenvalue weighted by Gasteiger charge is -2.17. The van der Waals surface area contributed by atoms with Gasteiger partial charge in [-0.15, -0.1) is 0 Å². The van der Waals surface area contributed by atoms with Gasteiger partial charge in [-0.1, -0.05) is 99.2 Å². The molecule has 0 fully saturated rings. The van der Waals surface area contributed by atoms with E-state index in [-0.39, 0.29) is 0 Å².